The van der Waals surface area contributed by atoms with Crippen molar-refractivity contribution in [3.8, 4) is 0 Å². The summed E-state index contributed by atoms with van der Waals surface area (Å²) in [5.74, 6) is 0.00182. The van der Waals surface area contributed by atoms with Crippen molar-refractivity contribution in [2.24, 2.45) is 0 Å². The topological polar surface area (TPSA) is 42.0 Å². The monoisotopic (exact) mass is 352 g/mol. The van der Waals surface area contributed by atoms with E-state index in [1.165, 1.54) is 9.75 Å². The highest BCUT2D eigenvalue weighted by Crippen LogP contribution is 2.33. The number of hydrogen-bond donors (Lipinski definition) is 0. The highest BCUT2D eigenvalue weighted by molar-refractivity contribution is 7.11. The number of ether oxygens (including phenoxy) is 2. The third kappa shape index (κ3) is 4.36. The highest BCUT2D eigenvalue weighted by Gasteiger charge is 2.39. The summed E-state index contributed by atoms with van der Waals surface area (Å²) >= 11 is 1.89. The van der Waals surface area contributed by atoms with Crippen molar-refractivity contribution in [3.05, 3.63) is 21.9 Å². The number of carbonyl (C=O) groups is 1. The molecule has 0 bridgehead atoms. The second-order valence-electron chi connectivity index (χ2n) is 7.02. The Morgan fingerprint density at radius 3 is 2.92 bits per heavy atom. The van der Waals surface area contributed by atoms with Gasteiger partial charge in [0.1, 0.15) is 6.61 Å². The number of aryl methyl sites for hydroxylation is 1. The van der Waals surface area contributed by atoms with Crippen LogP contribution in [0.1, 0.15) is 29.0 Å². The summed E-state index contributed by atoms with van der Waals surface area (Å²) in [5, 5.41) is 0. The van der Waals surface area contributed by atoms with Gasteiger partial charge < -0.3 is 14.4 Å². The van der Waals surface area contributed by atoms with Crippen LogP contribution in [0.2, 0.25) is 0 Å². The first-order valence-corrected chi connectivity index (χ1v) is 9.57. The summed E-state index contributed by atoms with van der Waals surface area (Å²) in [6.07, 6.45) is 3.72. The third-order valence-corrected chi connectivity index (χ3v) is 5.92. The van der Waals surface area contributed by atoms with E-state index in [1.807, 2.05) is 11.3 Å². The van der Waals surface area contributed by atoms with Crippen LogP contribution in [0.25, 0.3) is 0 Å². The molecule has 3 rings (SSSR count). The fourth-order valence-corrected chi connectivity index (χ4v) is 4.50. The first-order valence-electron chi connectivity index (χ1n) is 8.75. The van der Waals surface area contributed by atoms with Gasteiger partial charge in [0, 0.05) is 43.0 Å². The molecule has 24 heavy (non-hydrogen) atoms. The summed E-state index contributed by atoms with van der Waals surface area (Å²) in [5.41, 5.74) is 0. The Morgan fingerprint density at radius 1 is 1.38 bits per heavy atom. The van der Waals surface area contributed by atoms with Gasteiger partial charge in [0.05, 0.1) is 18.8 Å². The summed E-state index contributed by atoms with van der Waals surface area (Å²) in [4.78, 5) is 18.5. The van der Waals surface area contributed by atoms with E-state index < -0.39 is 0 Å². The number of rotatable bonds is 6. The van der Waals surface area contributed by atoms with Crippen LogP contribution in [0.5, 0.6) is 0 Å². The number of nitrogens with zero attached hydrogens (tertiary/aromatic N) is 2. The van der Waals surface area contributed by atoms with Gasteiger partial charge in [-0.1, -0.05) is 0 Å². The van der Waals surface area contributed by atoms with Crippen molar-refractivity contribution < 1.29 is 14.3 Å². The Hall–Kier alpha value is -0.950. The fraction of sp³-hybridized carbons (Fsp3) is 0.722. The molecule has 0 spiro atoms. The van der Waals surface area contributed by atoms with Crippen LogP contribution in [-0.2, 0) is 20.8 Å². The SMILES string of the molecule is Cc1ccc(CN2CC[C@@H]3O[C@H](COCC(=O)N(C)C)CC[C@@H]32)s1. The van der Waals surface area contributed by atoms with E-state index in [2.05, 4.69) is 24.0 Å². The Labute approximate surface area is 148 Å². The van der Waals surface area contributed by atoms with Crippen LogP contribution in [-0.4, -0.2) is 67.8 Å². The minimum atomic E-state index is 0.00182. The van der Waals surface area contributed by atoms with E-state index >= 15 is 0 Å². The molecule has 0 saturated carbocycles. The lowest BCUT2D eigenvalue weighted by Crippen LogP contribution is -2.43. The smallest absolute Gasteiger partial charge is 0.248 e. The van der Waals surface area contributed by atoms with E-state index in [0.717, 1.165) is 32.4 Å². The van der Waals surface area contributed by atoms with Crippen LogP contribution in [0.15, 0.2) is 12.1 Å². The number of fused-ring (bicyclic) bond motifs is 1. The second-order valence-corrected chi connectivity index (χ2v) is 8.39. The lowest BCUT2D eigenvalue weighted by Gasteiger charge is -2.35. The van der Waals surface area contributed by atoms with E-state index in [1.54, 1.807) is 19.0 Å². The van der Waals surface area contributed by atoms with Crippen molar-refractivity contribution in [2.75, 3.05) is 33.9 Å². The maximum Gasteiger partial charge on any atom is 0.248 e. The molecule has 0 aromatic carbocycles. The molecule has 1 amide bonds. The highest BCUT2D eigenvalue weighted by atomic mass is 32.1. The first kappa shape index (κ1) is 17.9. The van der Waals surface area contributed by atoms with Gasteiger partial charge in [-0.25, -0.2) is 0 Å². The molecule has 5 nitrogen and oxygen atoms in total. The zero-order valence-corrected chi connectivity index (χ0v) is 15.7. The molecule has 2 aliphatic heterocycles. The van der Waals surface area contributed by atoms with Crippen molar-refractivity contribution in [1.82, 2.24) is 9.80 Å². The molecule has 3 atom stereocenters. The lowest BCUT2D eigenvalue weighted by molar-refractivity contribution is -0.138. The standard InChI is InChI=1S/C18H28N2O3S/c1-13-4-6-15(24-13)10-20-9-8-17-16(20)7-5-14(23-17)11-22-12-18(21)19(2)3/h4,6,14,16-17H,5,7-12H2,1-3H3/t14-,16-,17-/m0/s1. The maximum atomic E-state index is 11.5. The second kappa shape index (κ2) is 7.95. The van der Waals surface area contributed by atoms with E-state index in [4.69, 9.17) is 9.47 Å². The molecular weight excluding hydrogens is 324 g/mol. The number of likely N-dealkylation sites (tertiary alicyclic amines) is 1. The number of likely N-dealkylation sites (N-methyl/N-ethyl adjacent to an activating group) is 1. The van der Waals surface area contributed by atoms with E-state index in [9.17, 15) is 4.79 Å². The summed E-state index contributed by atoms with van der Waals surface area (Å²) in [7, 11) is 3.49. The van der Waals surface area contributed by atoms with Gasteiger partial charge in [-0.05, 0) is 38.3 Å². The average molecular weight is 353 g/mol. The van der Waals surface area contributed by atoms with Crippen LogP contribution >= 0.6 is 11.3 Å². The zero-order chi connectivity index (χ0) is 17.1. The molecule has 0 unspecified atom stereocenters. The molecule has 2 fully saturated rings. The van der Waals surface area contributed by atoms with Crippen molar-refractivity contribution in [2.45, 2.75) is 51.0 Å². The van der Waals surface area contributed by atoms with Crippen LogP contribution < -0.4 is 0 Å². The minimum absolute atomic E-state index is 0.00182. The molecule has 3 heterocycles. The number of thiophene rings is 1. The van der Waals surface area contributed by atoms with Gasteiger partial charge in [0.25, 0.3) is 0 Å². The lowest BCUT2D eigenvalue weighted by atomic mass is 9.99. The molecular formula is C18H28N2O3S. The molecule has 2 aliphatic rings. The molecule has 0 radical (unpaired) electrons. The fourth-order valence-electron chi connectivity index (χ4n) is 3.58. The molecule has 0 aliphatic carbocycles. The minimum Gasteiger partial charge on any atom is -0.371 e. The van der Waals surface area contributed by atoms with Crippen LogP contribution in [0.3, 0.4) is 0 Å². The third-order valence-electron chi connectivity index (χ3n) is 4.93. The van der Waals surface area contributed by atoms with Gasteiger partial charge in [-0.3, -0.25) is 9.69 Å². The molecule has 134 valence electrons. The summed E-state index contributed by atoms with van der Waals surface area (Å²) in [6, 6.07) is 4.98. The Balaban J connectivity index is 1.44. The van der Waals surface area contributed by atoms with Gasteiger partial charge in [0.15, 0.2) is 0 Å². The average Bonchev–Trinajstić information content (AvgIpc) is 3.14. The first-order chi connectivity index (χ1) is 11.5. The number of hydrogen-bond acceptors (Lipinski definition) is 5. The summed E-state index contributed by atoms with van der Waals surface area (Å²) < 4.78 is 11.8. The van der Waals surface area contributed by atoms with Crippen molar-refractivity contribution in [3.63, 3.8) is 0 Å². The van der Waals surface area contributed by atoms with Gasteiger partial charge in [-0.2, -0.15) is 0 Å². The predicted molar refractivity (Wildman–Crippen MR) is 95.3 cm³/mol. The normalized spacial score (nSPS) is 27.2. The van der Waals surface area contributed by atoms with Crippen LogP contribution in [0.4, 0.5) is 0 Å². The van der Waals surface area contributed by atoms with Gasteiger partial charge in [-0.15, -0.1) is 11.3 Å². The molecule has 2 saturated heterocycles. The molecule has 1 aromatic heterocycles. The molecule has 6 heteroatoms. The summed E-state index contributed by atoms with van der Waals surface area (Å²) in [6.45, 7) is 4.98. The zero-order valence-electron chi connectivity index (χ0n) is 14.9. The van der Waals surface area contributed by atoms with Gasteiger partial charge in [0.2, 0.25) is 5.91 Å². The predicted octanol–water partition coefficient (Wildman–Crippen LogP) is 2.28. The number of amides is 1. The molecule has 0 N–H and O–H groups in total. The maximum absolute atomic E-state index is 11.5. The van der Waals surface area contributed by atoms with Crippen LogP contribution in [0, 0.1) is 6.92 Å². The van der Waals surface area contributed by atoms with Crippen molar-refractivity contribution in [1.29, 1.82) is 0 Å². The van der Waals surface area contributed by atoms with Gasteiger partial charge >= 0.3 is 0 Å². The van der Waals surface area contributed by atoms with Crippen molar-refractivity contribution >= 4 is 17.2 Å². The van der Waals surface area contributed by atoms with E-state index in [-0.39, 0.29) is 18.6 Å². The quantitative estimate of drug-likeness (QED) is 0.788. The number of carbonyl (C=O) groups excluding carboxylic acids is 1. The Kier molecular flexibility index (Phi) is 5.92. The Bertz CT molecular complexity index is 560. The van der Waals surface area contributed by atoms with E-state index in [0.29, 0.717) is 18.8 Å². The molecule has 1 aromatic rings. The Morgan fingerprint density at radius 2 is 2.21 bits per heavy atom. The largest absolute Gasteiger partial charge is 0.371 e.